The molecule has 2 aromatic rings. The highest BCUT2D eigenvalue weighted by Gasteiger charge is 2.26. The summed E-state index contributed by atoms with van der Waals surface area (Å²) >= 11 is 0. The lowest BCUT2D eigenvalue weighted by atomic mass is 10.2. The van der Waals surface area contributed by atoms with Crippen LogP contribution in [-0.4, -0.2) is 32.8 Å². The fourth-order valence-electron chi connectivity index (χ4n) is 2.26. The van der Waals surface area contributed by atoms with Crippen molar-refractivity contribution in [3.8, 4) is 17.2 Å². The molecule has 8 heteroatoms. The fourth-order valence-corrected chi connectivity index (χ4v) is 3.44. The van der Waals surface area contributed by atoms with E-state index in [1.807, 2.05) is 0 Å². The Balaban J connectivity index is 1.71. The molecule has 128 valence electrons. The van der Waals surface area contributed by atoms with Crippen LogP contribution >= 0.6 is 0 Å². The third kappa shape index (κ3) is 3.44. The molecule has 1 heterocycles. The van der Waals surface area contributed by atoms with Crippen molar-refractivity contribution < 1.29 is 31.6 Å². The minimum atomic E-state index is -4.07. The molecule has 0 saturated heterocycles. The summed E-state index contributed by atoms with van der Waals surface area (Å²) in [6.07, 6.45) is -0.702. The number of phenolic OH excluding ortho intramolecular Hbond substituents is 1. The van der Waals surface area contributed by atoms with Crippen LogP contribution in [0.2, 0.25) is 0 Å². The molecule has 0 amide bonds. The smallest absolute Gasteiger partial charge is 0.297 e. The molecule has 6 nitrogen and oxygen atoms in total. The molecule has 24 heavy (non-hydrogen) atoms. The first kappa shape index (κ1) is 16.5. The van der Waals surface area contributed by atoms with Gasteiger partial charge < -0.3 is 14.6 Å². The molecule has 0 bridgehead atoms. The second kappa shape index (κ2) is 6.29. The number of hydrogen-bond acceptors (Lipinski definition) is 6. The molecule has 0 saturated carbocycles. The number of phenols is 1. The Morgan fingerprint density at radius 1 is 1.25 bits per heavy atom. The summed E-state index contributed by atoms with van der Waals surface area (Å²) in [5.41, 5.74) is 0.445. The molecule has 1 N–H and O–H groups in total. The van der Waals surface area contributed by atoms with Crippen molar-refractivity contribution in [3.05, 3.63) is 47.8 Å². The first-order valence-electron chi connectivity index (χ1n) is 7.13. The molecular weight excluding hydrogens is 339 g/mol. The predicted molar refractivity (Wildman–Crippen MR) is 82.3 cm³/mol. The monoisotopic (exact) mass is 354 g/mol. The summed E-state index contributed by atoms with van der Waals surface area (Å²) in [7, 11) is -4.07. The first-order chi connectivity index (χ1) is 11.3. The van der Waals surface area contributed by atoms with Crippen molar-refractivity contribution >= 4 is 10.1 Å². The second-order valence-corrected chi connectivity index (χ2v) is 6.91. The van der Waals surface area contributed by atoms with E-state index < -0.39 is 22.0 Å². The van der Waals surface area contributed by atoms with E-state index in [9.17, 15) is 17.9 Å². The van der Waals surface area contributed by atoms with E-state index in [1.165, 1.54) is 24.3 Å². The lowest BCUT2D eigenvalue weighted by Crippen LogP contribution is -2.34. The maximum Gasteiger partial charge on any atom is 0.297 e. The van der Waals surface area contributed by atoms with Gasteiger partial charge in [0.1, 0.15) is 29.7 Å². The van der Waals surface area contributed by atoms with Gasteiger partial charge in [0.25, 0.3) is 10.1 Å². The summed E-state index contributed by atoms with van der Waals surface area (Å²) in [5.74, 6) is -0.0773. The number of ether oxygens (including phenoxy) is 2. The average molecular weight is 354 g/mol. The predicted octanol–water partition coefficient (Wildman–Crippen LogP) is 2.39. The van der Waals surface area contributed by atoms with Gasteiger partial charge >= 0.3 is 0 Å². The minimum absolute atomic E-state index is 0.0766. The van der Waals surface area contributed by atoms with Gasteiger partial charge in [0.05, 0.1) is 0 Å². The zero-order valence-electron chi connectivity index (χ0n) is 12.7. The maximum absolute atomic E-state index is 13.2. The van der Waals surface area contributed by atoms with E-state index in [2.05, 4.69) is 0 Å². The van der Waals surface area contributed by atoms with E-state index in [-0.39, 0.29) is 29.6 Å². The molecule has 0 aromatic heterocycles. The van der Waals surface area contributed by atoms with E-state index in [4.69, 9.17) is 13.7 Å². The van der Waals surface area contributed by atoms with E-state index >= 15 is 0 Å². The van der Waals surface area contributed by atoms with Gasteiger partial charge in [0.15, 0.2) is 17.6 Å². The highest BCUT2D eigenvalue weighted by molar-refractivity contribution is 7.86. The Morgan fingerprint density at radius 3 is 2.83 bits per heavy atom. The van der Waals surface area contributed by atoms with Gasteiger partial charge in [-0.15, -0.1) is 0 Å². The van der Waals surface area contributed by atoms with Gasteiger partial charge in [0.2, 0.25) is 0 Å². The standard InChI is InChI=1S/C16H15FO6S/c1-10-2-4-12(18)7-16(10)24(19,20)22-9-13-8-21-14-5-3-11(17)6-15(14)23-13/h2-7,13,18H,8-9H2,1H3. The molecule has 2 aromatic carbocycles. The van der Waals surface area contributed by atoms with Crippen LogP contribution in [0.15, 0.2) is 41.3 Å². The van der Waals surface area contributed by atoms with Crippen molar-refractivity contribution in [1.29, 1.82) is 0 Å². The minimum Gasteiger partial charge on any atom is -0.508 e. The highest BCUT2D eigenvalue weighted by atomic mass is 32.2. The highest BCUT2D eigenvalue weighted by Crippen LogP contribution is 2.32. The van der Waals surface area contributed by atoms with Crippen LogP contribution in [0.4, 0.5) is 4.39 Å². The number of benzene rings is 2. The largest absolute Gasteiger partial charge is 0.508 e. The quantitative estimate of drug-likeness (QED) is 0.849. The van der Waals surface area contributed by atoms with Crippen molar-refractivity contribution in [1.82, 2.24) is 0 Å². The second-order valence-electron chi connectivity index (χ2n) is 5.33. The van der Waals surface area contributed by atoms with Gasteiger partial charge in [-0.3, -0.25) is 4.18 Å². The van der Waals surface area contributed by atoms with Gasteiger partial charge in [-0.05, 0) is 30.7 Å². The maximum atomic E-state index is 13.2. The lowest BCUT2D eigenvalue weighted by molar-refractivity contribution is 0.0550. The van der Waals surface area contributed by atoms with E-state index in [0.29, 0.717) is 11.3 Å². The van der Waals surface area contributed by atoms with E-state index in [0.717, 1.165) is 12.1 Å². The third-order valence-electron chi connectivity index (χ3n) is 3.47. The first-order valence-corrected chi connectivity index (χ1v) is 8.54. The van der Waals surface area contributed by atoms with Gasteiger partial charge in [-0.25, -0.2) is 4.39 Å². The van der Waals surface area contributed by atoms with Crippen LogP contribution in [-0.2, 0) is 14.3 Å². The van der Waals surface area contributed by atoms with Crippen LogP contribution < -0.4 is 9.47 Å². The topological polar surface area (TPSA) is 82.1 Å². The van der Waals surface area contributed by atoms with Crippen LogP contribution in [0.25, 0.3) is 0 Å². The molecule has 0 radical (unpaired) electrons. The number of aryl methyl sites for hydroxylation is 1. The van der Waals surface area contributed by atoms with Crippen LogP contribution in [0.5, 0.6) is 17.2 Å². The zero-order valence-corrected chi connectivity index (χ0v) is 13.5. The molecular formula is C16H15FO6S. The van der Waals surface area contributed by atoms with Crippen molar-refractivity contribution in [2.24, 2.45) is 0 Å². The van der Waals surface area contributed by atoms with Crippen LogP contribution in [0.1, 0.15) is 5.56 Å². The molecule has 0 spiro atoms. The third-order valence-corrected chi connectivity index (χ3v) is 4.90. The number of halogens is 1. The Kier molecular flexibility index (Phi) is 4.33. The SMILES string of the molecule is Cc1ccc(O)cc1S(=O)(=O)OCC1COc2ccc(F)cc2O1. The van der Waals surface area contributed by atoms with Gasteiger partial charge in [0, 0.05) is 12.1 Å². The summed E-state index contributed by atoms with van der Waals surface area (Å²) in [4.78, 5) is -0.120. The van der Waals surface area contributed by atoms with Crippen LogP contribution in [0, 0.1) is 12.7 Å². The summed E-state index contributed by atoms with van der Waals surface area (Å²) in [6.45, 7) is 1.37. The molecule has 1 aliphatic rings. The molecule has 1 unspecified atom stereocenters. The van der Waals surface area contributed by atoms with Crippen LogP contribution in [0.3, 0.4) is 0 Å². The molecule has 1 aliphatic heterocycles. The molecule has 1 atom stereocenters. The number of fused-ring (bicyclic) bond motifs is 1. The Labute approximate surface area is 138 Å². The average Bonchev–Trinajstić information content (AvgIpc) is 2.54. The Morgan fingerprint density at radius 2 is 2.04 bits per heavy atom. The summed E-state index contributed by atoms with van der Waals surface area (Å²) in [6, 6.07) is 7.83. The summed E-state index contributed by atoms with van der Waals surface area (Å²) in [5, 5.41) is 9.45. The normalized spacial score (nSPS) is 16.8. The molecule has 0 aliphatic carbocycles. The number of hydrogen-bond donors (Lipinski definition) is 1. The Hall–Kier alpha value is -2.32. The number of rotatable bonds is 4. The number of aromatic hydroxyl groups is 1. The van der Waals surface area contributed by atoms with Crippen molar-refractivity contribution in [2.45, 2.75) is 17.9 Å². The van der Waals surface area contributed by atoms with E-state index in [1.54, 1.807) is 6.92 Å². The Bertz CT molecular complexity index is 865. The molecule has 0 fully saturated rings. The van der Waals surface area contributed by atoms with Crippen molar-refractivity contribution in [3.63, 3.8) is 0 Å². The fraction of sp³-hybridized carbons (Fsp3) is 0.250. The summed E-state index contributed by atoms with van der Waals surface area (Å²) < 4.78 is 53.6. The zero-order chi connectivity index (χ0) is 17.3. The van der Waals surface area contributed by atoms with Gasteiger partial charge in [-0.2, -0.15) is 8.42 Å². The van der Waals surface area contributed by atoms with Crippen molar-refractivity contribution in [2.75, 3.05) is 13.2 Å². The lowest BCUT2D eigenvalue weighted by Gasteiger charge is -2.26. The van der Waals surface area contributed by atoms with Gasteiger partial charge in [-0.1, -0.05) is 6.07 Å². The molecule has 3 rings (SSSR count).